The first-order valence-corrected chi connectivity index (χ1v) is 9.16. The van der Waals surface area contributed by atoms with Gasteiger partial charge in [0.1, 0.15) is 0 Å². The van der Waals surface area contributed by atoms with Crippen molar-refractivity contribution in [3.63, 3.8) is 0 Å². The zero-order chi connectivity index (χ0) is 15.8. The van der Waals surface area contributed by atoms with E-state index in [1.165, 1.54) is 11.3 Å². The minimum atomic E-state index is 0.609. The highest BCUT2D eigenvalue weighted by Crippen LogP contribution is 2.17. The van der Waals surface area contributed by atoms with Crippen molar-refractivity contribution in [2.75, 3.05) is 39.9 Å². The molecule has 2 rings (SSSR count). The van der Waals surface area contributed by atoms with Gasteiger partial charge in [-0.25, -0.2) is 0 Å². The topological polar surface area (TPSA) is 36.9 Å². The Morgan fingerprint density at radius 1 is 1.59 bits per heavy atom. The predicted molar refractivity (Wildman–Crippen MR) is 94.7 cm³/mol. The minimum absolute atomic E-state index is 0.609. The van der Waals surface area contributed by atoms with Gasteiger partial charge in [0.25, 0.3) is 0 Å². The van der Waals surface area contributed by atoms with E-state index in [1.54, 1.807) is 0 Å². The van der Waals surface area contributed by atoms with Crippen molar-refractivity contribution >= 4 is 17.3 Å². The van der Waals surface area contributed by atoms with Gasteiger partial charge >= 0.3 is 0 Å². The van der Waals surface area contributed by atoms with Gasteiger partial charge in [0.15, 0.2) is 5.96 Å². The van der Waals surface area contributed by atoms with Crippen molar-refractivity contribution in [3.05, 3.63) is 22.4 Å². The molecule has 1 aliphatic rings. The molecule has 0 bridgehead atoms. The van der Waals surface area contributed by atoms with Crippen LogP contribution in [0.4, 0.5) is 0 Å². The summed E-state index contributed by atoms with van der Waals surface area (Å²) in [5.41, 5.74) is 0. The fourth-order valence-corrected chi connectivity index (χ4v) is 3.76. The molecule has 1 saturated heterocycles. The Hall–Kier alpha value is -1.07. The van der Waals surface area contributed by atoms with E-state index >= 15 is 0 Å². The second-order valence-electron chi connectivity index (χ2n) is 6.08. The highest BCUT2D eigenvalue weighted by atomic mass is 32.1. The van der Waals surface area contributed by atoms with E-state index in [2.05, 4.69) is 46.6 Å². The van der Waals surface area contributed by atoms with Gasteiger partial charge in [-0.2, -0.15) is 0 Å². The molecule has 2 heterocycles. The third-order valence-corrected chi connectivity index (χ3v) is 4.99. The number of aliphatic imine (C=N–C) groups is 1. The maximum absolute atomic E-state index is 5.55. The van der Waals surface area contributed by atoms with E-state index in [-0.39, 0.29) is 0 Å². The Morgan fingerprint density at radius 2 is 2.45 bits per heavy atom. The van der Waals surface area contributed by atoms with Gasteiger partial charge in [0, 0.05) is 44.1 Å². The molecule has 0 radical (unpaired) electrons. The van der Waals surface area contributed by atoms with E-state index < -0.39 is 0 Å². The second kappa shape index (κ2) is 9.16. The van der Waals surface area contributed by atoms with Crippen LogP contribution in [0.25, 0.3) is 0 Å². The molecule has 5 heteroatoms. The van der Waals surface area contributed by atoms with Gasteiger partial charge in [-0.1, -0.05) is 13.0 Å². The second-order valence-corrected chi connectivity index (χ2v) is 7.11. The molecule has 1 N–H and O–H groups in total. The quantitative estimate of drug-likeness (QED) is 0.619. The molecule has 0 aromatic carbocycles. The van der Waals surface area contributed by atoms with Gasteiger partial charge in [0.2, 0.25) is 0 Å². The van der Waals surface area contributed by atoms with Gasteiger partial charge in [-0.3, -0.25) is 4.99 Å². The van der Waals surface area contributed by atoms with E-state index in [9.17, 15) is 0 Å². The normalized spacial score (nSPS) is 20.4. The molecule has 22 heavy (non-hydrogen) atoms. The van der Waals surface area contributed by atoms with Crippen LogP contribution in [0.1, 0.15) is 25.1 Å². The Labute approximate surface area is 138 Å². The Balaban J connectivity index is 1.73. The molecule has 1 fully saturated rings. The van der Waals surface area contributed by atoms with Crippen LogP contribution in [0.15, 0.2) is 22.5 Å². The molecule has 0 saturated carbocycles. The number of likely N-dealkylation sites (tertiary alicyclic amines) is 1. The lowest BCUT2D eigenvalue weighted by molar-refractivity contribution is 0.114. The van der Waals surface area contributed by atoms with Gasteiger partial charge in [-0.15, -0.1) is 11.3 Å². The van der Waals surface area contributed by atoms with Gasteiger partial charge < -0.3 is 15.0 Å². The number of thiophene rings is 1. The maximum Gasteiger partial charge on any atom is 0.193 e. The zero-order valence-electron chi connectivity index (χ0n) is 14.0. The number of guanidine groups is 1. The van der Waals surface area contributed by atoms with Crippen LogP contribution in [0.2, 0.25) is 0 Å². The lowest BCUT2D eigenvalue weighted by atomic mass is 10.1. The molecule has 124 valence electrons. The molecule has 0 aliphatic carbocycles. The van der Waals surface area contributed by atoms with Crippen LogP contribution in [0.5, 0.6) is 0 Å². The first-order valence-electron chi connectivity index (χ1n) is 8.28. The van der Waals surface area contributed by atoms with Crippen LogP contribution < -0.4 is 5.32 Å². The Morgan fingerprint density at radius 3 is 3.14 bits per heavy atom. The van der Waals surface area contributed by atoms with E-state index in [0.29, 0.717) is 11.8 Å². The third kappa shape index (κ3) is 5.29. The molecule has 0 spiro atoms. The van der Waals surface area contributed by atoms with Gasteiger partial charge in [0.05, 0.1) is 6.61 Å². The van der Waals surface area contributed by atoms with Crippen molar-refractivity contribution in [2.45, 2.75) is 26.7 Å². The molecule has 2 unspecified atom stereocenters. The van der Waals surface area contributed by atoms with Crippen LogP contribution in [0.3, 0.4) is 0 Å². The predicted octanol–water partition coefficient (Wildman–Crippen LogP) is 2.86. The number of hydrogen-bond donors (Lipinski definition) is 1. The fraction of sp³-hybridized carbons (Fsp3) is 0.706. The average Bonchev–Trinajstić information content (AvgIpc) is 3.17. The SMILES string of the molecule is CCOCC1CCN(C(=NC)NCC(C)Cc2cccs2)C1. The van der Waals surface area contributed by atoms with Gasteiger partial charge in [-0.05, 0) is 37.1 Å². The third-order valence-electron chi connectivity index (χ3n) is 4.09. The summed E-state index contributed by atoms with van der Waals surface area (Å²) in [4.78, 5) is 8.27. The van der Waals surface area contributed by atoms with E-state index in [1.807, 2.05) is 18.4 Å². The van der Waals surface area contributed by atoms with Crippen molar-refractivity contribution in [2.24, 2.45) is 16.8 Å². The Bertz CT molecular complexity index is 447. The summed E-state index contributed by atoms with van der Waals surface area (Å²) < 4.78 is 5.55. The highest BCUT2D eigenvalue weighted by molar-refractivity contribution is 7.09. The number of nitrogens with zero attached hydrogens (tertiary/aromatic N) is 2. The number of nitrogens with one attached hydrogen (secondary N) is 1. The molecular formula is C17H29N3OS. The summed E-state index contributed by atoms with van der Waals surface area (Å²) >= 11 is 1.84. The molecular weight excluding hydrogens is 294 g/mol. The molecule has 1 aromatic heterocycles. The van der Waals surface area contributed by atoms with Crippen molar-refractivity contribution < 1.29 is 4.74 Å². The molecule has 2 atom stereocenters. The fourth-order valence-electron chi connectivity index (χ4n) is 2.89. The van der Waals surface area contributed by atoms with Crippen molar-refractivity contribution in [1.29, 1.82) is 0 Å². The standard InChI is InChI=1S/C17H29N3OS/c1-4-21-13-15-7-8-20(12-15)17(18-3)19-11-14(2)10-16-6-5-9-22-16/h5-6,9,14-15H,4,7-8,10-13H2,1-3H3,(H,18,19). The molecule has 1 aliphatic heterocycles. The number of ether oxygens (including phenoxy) is 1. The number of hydrogen-bond acceptors (Lipinski definition) is 3. The van der Waals surface area contributed by atoms with Crippen molar-refractivity contribution in [1.82, 2.24) is 10.2 Å². The first kappa shape index (κ1) is 17.3. The summed E-state index contributed by atoms with van der Waals surface area (Å²) in [5, 5.41) is 5.69. The minimum Gasteiger partial charge on any atom is -0.381 e. The molecule has 4 nitrogen and oxygen atoms in total. The molecule has 1 aromatic rings. The van der Waals surface area contributed by atoms with Crippen LogP contribution in [-0.4, -0.2) is 50.8 Å². The summed E-state index contributed by atoms with van der Waals surface area (Å²) in [6.07, 6.45) is 2.33. The summed E-state index contributed by atoms with van der Waals surface area (Å²) in [6, 6.07) is 4.34. The lowest BCUT2D eigenvalue weighted by Crippen LogP contribution is -2.42. The highest BCUT2D eigenvalue weighted by Gasteiger charge is 2.24. The van der Waals surface area contributed by atoms with Crippen molar-refractivity contribution in [3.8, 4) is 0 Å². The zero-order valence-corrected chi connectivity index (χ0v) is 14.9. The van der Waals surface area contributed by atoms with Crippen LogP contribution in [-0.2, 0) is 11.2 Å². The first-order chi connectivity index (χ1) is 10.7. The summed E-state index contributed by atoms with van der Waals surface area (Å²) in [7, 11) is 1.88. The maximum atomic E-state index is 5.55. The van der Waals surface area contributed by atoms with E-state index in [4.69, 9.17) is 4.74 Å². The smallest absolute Gasteiger partial charge is 0.193 e. The monoisotopic (exact) mass is 323 g/mol. The molecule has 0 amide bonds. The summed E-state index contributed by atoms with van der Waals surface area (Å²) in [5.74, 6) is 2.29. The van der Waals surface area contributed by atoms with E-state index in [0.717, 1.165) is 45.2 Å². The largest absolute Gasteiger partial charge is 0.381 e. The lowest BCUT2D eigenvalue weighted by Gasteiger charge is -2.23. The Kier molecular flexibility index (Phi) is 7.19. The summed E-state index contributed by atoms with van der Waals surface area (Å²) in [6.45, 7) is 9.14. The van der Waals surface area contributed by atoms with Crippen LogP contribution >= 0.6 is 11.3 Å². The average molecular weight is 324 g/mol. The van der Waals surface area contributed by atoms with Crippen LogP contribution in [0, 0.1) is 11.8 Å². The number of rotatable bonds is 7.